The van der Waals surface area contributed by atoms with Gasteiger partial charge in [0, 0.05) is 49.1 Å². The molecule has 24 heavy (non-hydrogen) atoms. The normalized spacial score (nSPS) is 26.2. The highest BCUT2D eigenvalue weighted by molar-refractivity contribution is 14.0. The zero-order valence-electron chi connectivity index (χ0n) is 14.4. The van der Waals surface area contributed by atoms with E-state index in [4.69, 9.17) is 9.73 Å². The van der Waals surface area contributed by atoms with E-state index < -0.39 is 0 Å². The maximum atomic E-state index is 5.30. The predicted molar refractivity (Wildman–Crippen MR) is 113 cm³/mol. The summed E-state index contributed by atoms with van der Waals surface area (Å²) in [6, 6.07) is 9.21. The van der Waals surface area contributed by atoms with Crippen LogP contribution in [0.15, 0.2) is 33.7 Å². The van der Waals surface area contributed by atoms with E-state index >= 15 is 0 Å². The molecule has 4 nitrogen and oxygen atoms in total. The van der Waals surface area contributed by atoms with Gasteiger partial charge in [-0.3, -0.25) is 4.99 Å². The minimum atomic E-state index is 0. The summed E-state index contributed by atoms with van der Waals surface area (Å²) in [5.41, 5.74) is 1.42. The Kier molecular flexibility index (Phi) is 7.81. The van der Waals surface area contributed by atoms with Crippen LogP contribution in [-0.4, -0.2) is 50.3 Å². The zero-order chi connectivity index (χ0) is 16.2. The van der Waals surface area contributed by atoms with Crippen LogP contribution in [0.1, 0.15) is 31.2 Å². The molecule has 3 atom stereocenters. The summed E-state index contributed by atoms with van der Waals surface area (Å²) in [4.78, 5) is 7.10. The second-order valence-corrected chi connectivity index (χ2v) is 7.41. The highest BCUT2D eigenvalue weighted by Crippen LogP contribution is 2.41. The van der Waals surface area contributed by atoms with Crippen LogP contribution in [0, 0.1) is 5.92 Å². The van der Waals surface area contributed by atoms with Gasteiger partial charge in [0.05, 0.1) is 6.61 Å². The van der Waals surface area contributed by atoms with Gasteiger partial charge in [-0.15, -0.1) is 24.0 Å². The fourth-order valence-electron chi connectivity index (χ4n) is 3.38. The second-order valence-electron chi connectivity index (χ2n) is 6.50. The standard InChI is InChI=1S/C18H26BrN3O.HI/c1-3-20-18(22-9-8-13(11-22)12-23-2)21-17-10-16(17)14-4-6-15(19)7-5-14;/h4-7,13,16-17H,3,8-12H2,1-2H3,(H,20,21);1H. The molecule has 0 amide bonds. The van der Waals surface area contributed by atoms with Gasteiger partial charge in [-0.1, -0.05) is 28.1 Å². The van der Waals surface area contributed by atoms with Gasteiger partial charge in [-0.05, 0) is 37.5 Å². The summed E-state index contributed by atoms with van der Waals surface area (Å²) >= 11 is 3.50. The Morgan fingerprint density at radius 1 is 1.38 bits per heavy atom. The summed E-state index contributed by atoms with van der Waals surface area (Å²) < 4.78 is 6.44. The number of ether oxygens (including phenoxy) is 1. The van der Waals surface area contributed by atoms with Crippen molar-refractivity contribution < 1.29 is 4.74 Å². The second kappa shape index (κ2) is 9.38. The molecule has 3 rings (SSSR count). The topological polar surface area (TPSA) is 36.9 Å². The van der Waals surface area contributed by atoms with Crippen LogP contribution in [0.2, 0.25) is 0 Å². The highest BCUT2D eigenvalue weighted by atomic mass is 127. The molecule has 1 N–H and O–H groups in total. The van der Waals surface area contributed by atoms with Crippen LogP contribution in [0.3, 0.4) is 0 Å². The molecule has 1 saturated heterocycles. The fourth-order valence-corrected chi connectivity index (χ4v) is 3.65. The first kappa shape index (κ1) is 20.0. The maximum absolute atomic E-state index is 5.30. The number of nitrogens with one attached hydrogen (secondary N) is 1. The molecule has 0 aromatic heterocycles. The van der Waals surface area contributed by atoms with E-state index in [2.05, 4.69) is 57.3 Å². The smallest absolute Gasteiger partial charge is 0.194 e. The first-order valence-corrected chi connectivity index (χ1v) is 9.31. The third kappa shape index (κ3) is 5.08. The van der Waals surface area contributed by atoms with Crippen molar-refractivity contribution in [3.8, 4) is 0 Å². The third-order valence-corrected chi connectivity index (χ3v) is 5.23. The molecular weight excluding hydrogens is 481 g/mol. The van der Waals surface area contributed by atoms with Gasteiger partial charge in [0.15, 0.2) is 5.96 Å². The van der Waals surface area contributed by atoms with Crippen LogP contribution in [-0.2, 0) is 4.74 Å². The van der Waals surface area contributed by atoms with E-state index in [1.807, 2.05) is 0 Å². The first-order chi connectivity index (χ1) is 11.2. The Morgan fingerprint density at radius 2 is 2.12 bits per heavy atom. The highest BCUT2D eigenvalue weighted by Gasteiger charge is 2.40. The van der Waals surface area contributed by atoms with Gasteiger partial charge in [0.2, 0.25) is 0 Å². The van der Waals surface area contributed by atoms with E-state index in [0.717, 1.165) is 36.7 Å². The molecule has 1 heterocycles. The van der Waals surface area contributed by atoms with Gasteiger partial charge in [0.1, 0.15) is 0 Å². The van der Waals surface area contributed by atoms with Crippen molar-refractivity contribution in [2.45, 2.75) is 31.7 Å². The molecule has 1 aromatic rings. The van der Waals surface area contributed by atoms with Crippen molar-refractivity contribution in [1.29, 1.82) is 0 Å². The van der Waals surface area contributed by atoms with Gasteiger partial charge in [-0.2, -0.15) is 0 Å². The van der Waals surface area contributed by atoms with Crippen molar-refractivity contribution in [3.63, 3.8) is 0 Å². The molecule has 1 aromatic carbocycles. The monoisotopic (exact) mass is 507 g/mol. The number of methoxy groups -OCH3 is 1. The summed E-state index contributed by atoms with van der Waals surface area (Å²) in [5.74, 6) is 2.32. The van der Waals surface area contributed by atoms with E-state index in [0.29, 0.717) is 17.9 Å². The Morgan fingerprint density at radius 3 is 2.79 bits per heavy atom. The number of halogens is 2. The number of hydrogen-bond donors (Lipinski definition) is 1. The molecular formula is C18H27BrIN3O. The minimum Gasteiger partial charge on any atom is -0.384 e. The summed E-state index contributed by atoms with van der Waals surface area (Å²) in [5, 5.41) is 3.68. The van der Waals surface area contributed by atoms with Crippen LogP contribution in [0.25, 0.3) is 0 Å². The Hall–Kier alpha value is -0.340. The summed E-state index contributed by atoms with van der Waals surface area (Å²) in [6.07, 6.45) is 2.39. The molecule has 2 aliphatic rings. The maximum Gasteiger partial charge on any atom is 0.194 e. The van der Waals surface area contributed by atoms with Gasteiger partial charge < -0.3 is 15.0 Å². The largest absolute Gasteiger partial charge is 0.384 e. The molecule has 1 aliphatic heterocycles. The SMILES string of the molecule is CCN=C(NC1CC1c1ccc(Br)cc1)N1CCC(COC)C1.I. The lowest BCUT2D eigenvalue weighted by atomic mass is 10.1. The number of aliphatic imine (C=N–C) groups is 1. The molecule has 0 bridgehead atoms. The Bertz CT molecular complexity index is 552. The number of hydrogen-bond acceptors (Lipinski definition) is 2. The van der Waals surface area contributed by atoms with E-state index in [-0.39, 0.29) is 24.0 Å². The Labute approximate surface area is 170 Å². The molecule has 134 valence electrons. The van der Waals surface area contributed by atoms with Crippen LogP contribution in [0.5, 0.6) is 0 Å². The van der Waals surface area contributed by atoms with Crippen LogP contribution < -0.4 is 5.32 Å². The average Bonchev–Trinajstić information content (AvgIpc) is 3.15. The van der Waals surface area contributed by atoms with Crippen molar-refractivity contribution in [2.75, 3.05) is 33.4 Å². The van der Waals surface area contributed by atoms with E-state index in [1.54, 1.807) is 7.11 Å². The van der Waals surface area contributed by atoms with Crippen LogP contribution in [0.4, 0.5) is 0 Å². The quantitative estimate of drug-likeness (QED) is 0.373. The molecule has 0 radical (unpaired) electrons. The molecule has 1 saturated carbocycles. The molecule has 3 unspecified atom stereocenters. The predicted octanol–water partition coefficient (Wildman–Crippen LogP) is 3.86. The van der Waals surface area contributed by atoms with Crippen LogP contribution >= 0.6 is 39.9 Å². The summed E-state index contributed by atoms with van der Waals surface area (Å²) in [7, 11) is 1.79. The average molecular weight is 508 g/mol. The lowest BCUT2D eigenvalue weighted by Gasteiger charge is -2.22. The molecule has 6 heteroatoms. The first-order valence-electron chi connectivity index (χ1n) is 8.51. The molecule has 2 fully saturated rings. The van der Waals surface area contributed by atoms with Crippen molar-refractivity contribution in [2.24, 2.45) is 10.9 Å². The fraction of sp³-hybridized carbons (Fsp3) is 0.611. The molecule has 0 spiro atoms. The number of nitrogens with zero attached hydrogens (tertiary/aromatic N) is 2. The van der Waals surface area contributed by atoms with Crippen molar-refractivity contribution in [1.82, 2.24) is 10.2 Å². The lowest BCUT2D eigenvalue weighted by Crippen LogP contribution is -2.42. The summed E-state index contributed by atoms with van der Waals surface area (Å²) in [6.45, 7) is 5.90. The van der Waals surface area contributed by atoms with E-state index in [1.165, 1.54) is 18.4 Å². The van der Waals surface area contributed by atoms with Crippen molar-refractivity contribution in [3.05, 3.63) is 34.3 Å². The number of rotatable bonds is 5. The van der Waals surface area contributed by atoms with Gasteiger partial charge in [0.25, 0.3) is 0 Å². The molecule has 1 aliphatic carbocycles. The zero-order valence-corrected chi connectivity index (χ0v) is 18.3. The van der Waals surface area contributed by atoms with Gasteiger partial charge in [-0.25, -0.2) is 0 Å². The Balaban J connectivity index is 0.00000208. The number of likely N-dealkylation sites (tertiary alicyclic amines) is 1. The lowest BCUT2D eigenvalue weighted by molar-refractivity contribution is 0.157. The number of benzene rings is 1. The third-order valence-electron chi connectivity index (χ3n) is 4.70. The number of guanidine groups is 1. The van der Waals surface area contributed by atoms with E-state index in [9.17, 15) is 0 Å². The van der Waals surface area contributed by atoms with Gasteiger partial charge >= 0.3 is 0 Å². The van der Waals surface area contributed by atoms with Crippen molar-refractivity contribution >= 4 is 45.9 Å². The minimum absolute atomic E-state index is 0.